The lowest BCUT2D eigenvalue weighted by Gasteiger charge is -2.33. The number of piperazine rings is 1. The van der Waals surface area contributed by atoms with E-state index < -0.39 is 12.5 Å². The Morgan fingerprint density at radius 3 is 2.38 bits per heavy atom. The van der Waals surface area contributed by atoms with Crippen LogP contribution in [-0.4, -0.2) is 43.6 Å². The van der Waals surface area contributed by atoms with E-state index >= 15 is 0 Å². The molecule has 3 nitrogen and oxygen atoms in total. The van der Waals surface area contributed by atoms with Gasteiger partial charge in [-0.3, -0.25) is 4.90 Å². The standard InChI is InChI=1S/C15H18F4N2O.2ClH/c1-2-13(21-8-6-20-7-9-21)11-4-3-5-12(10-11)22-15(18,19)14(16)17;;/h2-5,10,13-14,20H,1,6-9H2;2*1H/t13-;;/m0../s1. The summed E-state index contributed by atoms with van der Waals surface area (Å²) in [5.41, 5.74) is 0.680. The number of rotatable bonds is 6. The van der Waals surface area contributed by atoms with Crippen molar-refractivity contribution in [2.24, 2.45) is 0 Å². The molecule has 0 aromatic heterocycles. The second kappa shape index (κ2) is 10.1. The van der Waals surface area contributed by atoms with Gasteiger partial charge in [0.05, 0.1) is 6.04 Å². The zero-order chi connectivity index (χ0) is 16.2. The Morgan fingerprint density at radius 2 is 1.83 bits per heavy atom. The van der Waals surface area contributed by atoms with Crippen molar-refractivity contribution in [3.8, 4) is 5.75 Å². The molecule has 1 aromatic carbocycles. The van der Waals surface area contributed by atoms with Crippen molar-refractivity contribution >= 4 is 24.8 Å². The van der Waals surface area contributed by atoms with E-state index in [-0.39, 0.29) is 36.6 Å². The number of alkyl halides is 4. The topological polar surface area (TPSA) is 24.5 Å². The van der Waals surface area contributed by atoms with Crippen molar-refractivity contribution < 1.29 is 22.3 Å². The number of hydrogen-bond acceptors (Lipinski definition) is 3. The summed E-state index contributed by atoms with van der Waals surface area (Å²) in [7, 11) is 0. The van der Waals surface area contributed by atoms with Crippen LogP contribution in [-0.2, 0) is 0 Å². The molecule has 138 valence electrons. The second-order valence-electron chi connectivity index (χ2n) is 5.00. The summed E-state index contributed by atoms with van der Waals surface area (Å²) in [5, 5.41) is 3.22. The monoisotopic (exact) mass is 390 g/mol. The lowest BCUT2D eigenvalue weighted by atomic mass is 10.0. The molecular weight excluding hydrogens is 371 g/mol. The molecule has 1 atom stereocenters. The highest BCUT2D eigenvalue weighted by atomic mass is 35.5. The summed E-state index contributed by atoms with van der Waals surface area (Å²) in [5.74, 6) is -0.287. The van der Waals surface area contributed by atoms with Gasteiger partial charge in [-0.1, -0.05) is 18.2 Å². The molecule has 0 spiro atoms. The molecule has 1 aliphatic rings. The van der Waals surface area contributed by atoms with Crippen LogP contribution in [0.15, 0.2) is 36.9 Å². The Morgan fingerprint density at radius 1 is 1.21 bits per heavy atom. The van der Waals surface area contributed by atoms with Crippen LogP contribution in [0.5, 0.6) is 5.75 Å². The molecular formula is C15H20Cl2F4N2O. The number of nitrogens with zero attached hydrogens (tertiary/aromatic N) is 1. The normalized spacial score (nSPS) is 16.7. The third-order valence-electron chi connectivity index (χ3n) is 3.48. The lowest BCUT2D eigenvalue weighted by Crippen LogP contribution is -2.44. The zero-order valence-corrected chi connectivity index (χ0v) is 14.4. The van der Waals surface area contributed by atoms with Crippen molar-refractivity contribution in [3.05, 3.63) is 42.5 Å². The fourth-order valence-corrected chi connectivity index (χ4v) is 2.42. The highest BCUT2D eigenvalue weighted by Gasteiger charge is 2.44. The molecule has 1 saturated heterocycles. The quantitative estimate of drug-likeness (QED) is 0.588. The van der Waals surface area contributed by atoms with E-state index in [1.165, 1.54) is 18.2 Å². The minimum absolute atomic E-state index is 0. The molecule has 0 amide bonds. The van der Waals surface area contributed by atoms with Crippen molar-refractivity contribution in [2.75, 3.05) is 26.2 Å². The van der Waals surface area contributed by atoms with Crippen LogP contribution in [0.2, 0.25) is 0 Å². The molecule has 0 unspecified atom stereocenters. The summed E-state index contributed by atoms with van der Waals surface area (Å²) >= 11 is 0. The van der Waals surface area contributed by atoms with E-state index in [9.17, 15) is 17.6 Å². The first-order chi connectivity index (χ1) is 10.4. The van der Waals surface area contributed by atoms with Gasteiger partial charge in [0, 0.05) is 26.2 Å². The van der Waals surface area contributed by atoms with Crippen LogP contribution in [0, 0.1) is 0 Å². The van der Waals surface area contributed by atoms with Crippen LogP contribution in [0.3, 0.4) is 0 Å². The summed E-state index contributed by atoms with van der Waals surface area (Å²) in [6, 6.07) is 5.65. The van der Waals surface area contributed by atoms with E-state index in [4.69, 9.17) is 0 Å². The fourth-order valence-electron chi connectivity index (χ4n) is 2.42. The maximum atomic E-state index is 13.0. The van der Waals surface area contributed by atoms with Crippen LogP contribution in [0.4, 0.5) is 17.6 Å². The molecule has 1 aliphatic heterocycles. The van der Waals surface area contributed by atoms with Gasteiger partial charge >= 0.3 is 12.5 Å². The summed E-state index contributed by atoms with van der Waals surface area (Å²) in [4.78, 5) is 2.13. The van der Waals surface area contributed by atoms with E-state index in [1.807, 2.05) is 0 Å². The third kappa shape index (κ3) is 5.81. The third-order valence-corrected chi connectivity index (χ3v) is 3.48. The van der Waals surface area contributed by atoms with Gasteiger partial charge in [-0.15, -0.1) is 31.4 Å². The Kier molecular flexibility index (Phi) is 9.65. The lowest BCUT2D eigenvalue weighted by molar-refractivity contribution is -0.253. The summed E-state index contributed by atoms with van der Waals surface area (Å²) < 4.78 is 54.5. The highest BCUT2D eigenvalue weighted by molar-refractivity contribution is 5.85. The van der Waals surface area contributed by atoms with E-state index in [1.54, 1.807) is 12.1 Å². The van der Waals surface area contributed by atoms with Gasteiger partial charge in [-0.2, -0.15) is 17.6 Å². The molecule has 9 heteroatoms. The first-order valence-corrected chi connectivity index (χ1v) is 6.96. The van der Waals surface area contributed by atoms with Gasteiger partial charge in [-0.05, 0) is 17.7 Å². The number of halogens is 6. The molecule has 2 rings (SSSR count). The predicted molar refractivity (Wildman–Crippen MR) is 89.9 cm³/mol. The Bertz CT molecular complexity index is 514. The van der Waals surface area contributed by atoms with Gasteiger partial charge < -0.3 is 10.1 Å². The smallest absolute Gasteiger partial charge is 0.428 e. The predicted octanol–water partition coefficient (Wildman–Crippen LogP) is 3.90. The maximum Gasteiger partial charge on any atom is 0.461 e. The van der Waals surface area contributed by atoms with Gasteiger partial charge in [0.2, 0.25) is 0 Å². The van der Waals surface area contributed by atoms with Crippen LogP contribution in [0.25, 0.3) is 0 Å². The van der Waals surface area contributed by atoms with Crippen LogP contribution < -0.4 is 10.1 Å². The molecule has 24 heavy (non-hydrogen) atoms. The zero-order valence-electron chi connectivity index (χ0n) is 12.8. The first kappa shape index (κ1) is 23.0. The van der Waals surface area contributed by atoms with Gasteiger partial charge in [0.1, 0.15) is 5.75 Å². The summed E-state index contributed by atoms with van der Waals surface area (Å²) in [6.45, 7) is 6.99. The number of hydrogen-bond donors (Lipinski definition) is 1. The Balaban J connectivity index is 0.00000264. The minimum atomic E-state index is -4.50. The number of benzene rings is 1. The second-order valence-corrected chi connectivity index (χ2v) is 5.00. The molecule has 1 fully saturated rings. The Labute approximate surface area is 150 Å². The maximum absolute atomic E-state index is 13.0. The molecule has 0 aliphatic carbocycles. The van der Waals surface area contributed by atoms with Gasteiger partial charge in [0.15, 0.2) is 0 Å². The van der Waals surface area contributed by atoms with Crippen molar-refractivity contribution in [1.29, 1.82) is 0 Å². The number of nitrogens with one attached hydrogen (secondary N) is 1. The van der Waals surface area contributed by atoms with Crippen LogP contribution >= 0.6 is 24.8 Å². The van der Waals surface area contributed by atoms with E-state index in [0.717, 1.165) is 26.2 Å². The van der Waals surface area contributed by atoms with Crippen molar-refractivity contribution in [3.63, 3.8) is 0 Å². The molecule has 0 bridgehead atoms. The highest BCUT2D eigenvalue weighted by Crippen LogP contribution is 2.30. The molecule has 1 N–H and O–H groups in total. The average Bonchev–Trinajstić information content (AvgIpc) is 2.49. The first-order valence-electron chi connectivity index (χ1n) is 6.96. The molecule has 1 aromatic rings. The molecule has 0 radical (unpaired) electrons. The SMILES string of the molecule is C=C[C@@H](c1cccc(OC(F)(F)C(F)F)c1)N1CCNCC1.Cl.Cl. The van der Waals surface area contributed by atoms with Gasteiger partial charge in [-0.25, -0.2) is 0 Å². The molecule has 0 saturated carbocycles. The fraction of sp³-hybridized carbons (Fsp3) is 0.467. The summed E-state index contributed by atoms with van der Waals surface area (Å²) in [6.07, 6.45) is -6.67. The average molecular weight is 391 g/mol. The van der Waals surface area contributed by atoms with E-state index in [0.29, 0.717) is 5.56 Å². The van der Waals surface area contributed by atoms with Crippen molar-refractivity contribution in [1.82, 2.24) is 10.2 Å². The number of ether oxygens (including phenoxy) is 1. The molecule has 1 heterocycles. The Hall–Kier alpha value is -1.02. The van der Waals surface area contributed by atoms with Crippen molar-refractivity contribution in [2.45, 2.75) is 18.6 Å². The van der Waals surface area contributed by atoms with Crippen LogP contribution in [0.1, 0.15) is 11.6 Å². The van der Waals surface area contributed by atoms with E-state index in [2.05, 4.69) is 21.5 Å². The van der Waals surface area contributed by atoms with Gasteiger partial charge in [0.25, 0.3) is 0 Å². The minimum Gasteiger partial charge on any atom is -0.428 e. The largest absolute Gasteiger partial charge is 0.461 e.